The van der Waals surface area contributed by atoms with Crippen molar-refractivity contribution in [2.75, 3.05) is 6.61 Å². The van der Waals surface area contributed by atoms with Crippen LogP contribution in [-0.2, 0) is 6.42 Å². The summed E-state index contributed by atoms with van der Waals surface area (Å²) in [6.45, 7) is 0.429. The molecular weight excluding hydrogens is 231 g/mol. The fourth-order valence-electron chi connectivity index (χ4n) is 2.09. The minimum atomic E-state index is -0.289. The molecule has 1 atom stereocenters. The van der Waals surface area contributed by atoms with Crippen LogP contribution in [0, 0.1) is 5.82 Å². The maximum atomic E-state index is 13.0. The van der Waals surface area contributed by atoms with Gasteiger partial charge in [-0.3, -0.25) is 0 Å². The molecule has 1 aliphatic heterocycles. The number of ether oxygens (including phenoxy) is 2. The topological polar surface area (TPSA) is 18.5 Å². The Bertz CT molecular complexity index is 529. The van der Waals surface area contributed by atoms with Gasteiger partial charge in [0.05, 0.1) is 0 Å². The minimum Gasteiger partial charge on any atom is -0.490 e. The zero-order valence-electron chi connectivity index (χ0n) is 9.80. The summed E-state index contributed by atoms with van der Waals surface area (Å²) in [7, 11) is 0. The van der Waals surface area contributed by atoms with Crippen molar-refractivity contribution in [2.45, 2.75) is 12.5 Å². The minimum absolute atomic E-state index is 0.00525. The van der Waals surface area contributed by atoms with Crippen LogP contribution in [-0.4, -0.2) is 12.7 Å². The van der Waals surface area contributed by atoms with Crippen LogP contribution in [0.3, 0.4) is 0 Å². The normalized spacial score (nSPS) is 17.1. The van der Waals surface area contributed by atoms with Crippen molar-refractivity contribution in [3.63, 3.8) is 0 Å². The predicted molar refractivity (Wildman–Crippen MR) is 66.5 cm³/mol. The van der Waals surface area contributed by atoms with Gasteiger partial charge in [0.25, 0.3) is 0 Å². The first-order valence-electron chi connectivity index (χ1n) is 5.94. The first kappa shape index (κ1) is 11.1. The average Bonchev–Trinajstić information content (AvgIpc) is 2.79. The Morgan fingerprint density at radius 3 is 2.89 bits per heavy atom. The second kappa shape index (κ2) is 4.69. The molecule has 0 saturated heterocycles. The molecule has 0 amide bonds. The van der Waals surface area contributed by atoms with Crippen LogP contribution in [0.5, 0.6) is 11.5 Å². The number of fused-ring (bicyclic) bond motifs is 1. The summed E-state index contributed by atoms with van der Waals surface area (Å²) >= 11 is 0. The molecule has 0 radical (unpaired) electrons. The Hall–Kier alpha value is -2.03. The van der Waals surface area contributed by atoms with Crippen LogP contribution < -0.4 is 9.47 Å². The number of halogens is 1. The molecule has 2 aromatic rings. The molecule has 0 N–H and O–H groups in total. The molecule has 2 aromatic carbocycles. The first-order valence-corrected chi connectivity index (χ1v) is 5.94. The van der Waals surface area contributed by atoms with E-state index in [0.29, 0.717) is 12.4 Å². The number of rotatable bonds is 3. The van der Waals surface area contributed by atoms with Gasteiger partial charge < -0.3 is 9.47 Å². The molecule has 3 rings (SSSR count). The third-order valence-electron chi connectivity index (χ3n) is 2.95. The van der Waals surface area contributed by atoms with E-state index in [1.54, 1.807) is 12.1 Å². The zero-order chi connectivity index (χ0) is 12.4. The van der Waals surface area contributed by atoms with Crippen molar-refractivity contribution in [2.24, 2.45) is 0 Å². The van der Waals surface area contributed by atoms with E-state index in [4.69, 9.17) is 9.47 Å². The largest absolute Gasteiger partial charge is 0.490 e. The van der Waals surface area contributed by atoms with Crippen LogP contribution >= 0.6 is 0 Å². The molecule has 2 nitrogen and oxygen atoms in total. The van der Waals surface area contributed by atoms with Crippen molar-refractivity contribution < 1.29 is 13.9 Å². The highest BCUT2D eigenvalue weighted by atomic mass is 19.1. The van der Waals surface area contributed by atoms with Crippen LogP contribution in [0.4, 0.5) is 4.39 Å². The Morgan fingerprint density at radius 2 is 2.06 bits per heavy atom. The summed E-state index contributed by atoms with van der Waals surface area (Å²) in [5.74, 6) is 1.17. The van der Waals surface area contributed by atoms with Crippen LogP contribution in [0.25, 0.3) is 0 Å². The summed E-state index contributed by atoms with van der Waals surface area (Å²) in [5, 5.41) is 0. The molecule has 0 bridgehead atoms. The van der Waals surface area contributed by atoms with Gasteiger partial charge >= 0.3 is 0 Å². The van der Waals surface area contributed by atoms with E-state index in [1.165, 1.54) is 17.7 Å². The van der Waals surface area contributed by atoms with Gasteiger partial charge in [0.1, 0.15) is 30.0 Å². The molecule has 0 saturated carbocycles. The maximum Gasteiger partial charge on any atom is 0.137 e. The van der Waals surface area contributed by atoms with Crippen LogP contribution in [0.15, 0.2) is 48.5 Å². The van der Waals surface area contributed by atoms with Gasteiger partial charge in [0, 0.05) is 12.5 Å². The van der Waals surface area contributed by atoms with Gasteiger partial charge in [-0.1, -0.05) is 24.3 Å². The lowest BCUT2D eigenvalue weighted by atomic mass is 10.1. The van der Waals surface area contributed by atoms with Gasteiger partial charge in [-0.05, 0) is 23.8 Å². The summed E-state index contributed by atoms with van der Waals surface area (Å²) in [6, 6.07) is 14.1. The van der Waals surface area contributed by atoms with Crippen molar-refractivity contribution in [1.29, 1.82) is 0 Å². The fraction of sp³-hybridized carbons (Fsp3) is 0.200. The number of hydrogen-bond acceptors (Lipinski definition) is 2. The van der Waals surface area contributed by atoms with E-state index in [-0.39, 0.29) is 11.9 Å². The van der Waals surface area contributed by atoms with E-state index >= 15 is 0 Å². The molecule has 3 heteroatoms. The van der Waals surface area contributed by atoms with Crippen LogP contribution in [0.1, 0.15) is 5.56 Å². The van der Waals surface area contributed by atoms with E-state index < -0.39 is 0 Å². The van der Waals surface area contributed by atoms with E-state index in [0.717, 1.165) is 12.2 Å². The van der Waals surface area contributed by atoms with Crippen molar-refractivity contribution in [3.8, 4) is 11.5 Å². The van der Waals surface area contributed by atoms with Crippen molar-refractivity contribution >= 4 is 0 Å². The smallest absolute Gasteiger partial charge is 0.137 e. The summed E-state index contributed by atoms with van der Waals surface area (Å²) in [4.78, 5) is 0. The summed E-state index contributed by atoms with van der Waals surface area (Å²) in [5.41, 5.74) is 1.20. The molecule has 0 aliphatic carbocycles. The Kier molecular flexibility index (Phi) is 2.89. The molecule has 0 spiro atoms. The van der Waals surface area contributed by atoms with E-state index in [2.05, 4.69) is 6.07 Å². The maximum absolute atomic E-state index is 13.0. The summed E-state index contributed by atoms with van der Waals surface area (Å²) < 4.78 is 24.2. The highest BCUT2D eigenvalue weighted by Crippen LogP contribution is 2.28. The fourth-order valence-corrected chi connectivity index (χ4v) is 2.09. The lowest BCUT2D eigenvalue weighted by Crippen LogP contribution is -2.22. The molecule has 92 valence electrons. The molecule has 18 heavy (non-hydrogen) atoms. The monoisotopic (exact) mass is 244 g/mol. The SMILES string of the molecule is Fc1cccc(OCC2Cc3ccccc3O2)c1. The Morgan fingerprint density at radius 1 is 1.17 bits per heavy atom. The van der Waals surface area contributed by atoms with Crippen LogP contribution in [0.2, 0.25) is 0 Å². The second-order valence-electron chi connectivity index (χ2n) is 4.32. The number of benzene rings is 2. The molecule has 1 heterocycles. The number of hydrogen-bond donors (Lipinski definition) is 0. The van der Waals surface area contributed by atoms with Gasteiger partial charge in [0.2, 0.25) is 0 Å². The van der Waals surface area contributed by atoms with Gasteiger partial charge in [-0.15, -0.1) is 0 Å². The average molecular weight is 244 g/mol. The van der Waals surface area contributed by atoms with E-state index in [1.807, 2.05) is 18.2 Å². The quantitative estimate of drug-likeness (QED) is 0.825. The van der Waals surface area contributed by atoms with Gasteiger partial charge in [-0.2, -0.15) is 0 Å². The standard InChI is InChI=1S/C15H13FO2/c16-12-5-3-6-13(9-12)17-10-14-8-11-4-1-2-7-15(11)18-14/h1-7,9,14H,8,10H2. The lowest BCUT2D eigenvalue weighted by Gasteiger charge is -2.12. The molecule has 1 aliphatic rings. The number of para-hydroxylation sites is 1. The predicted octanol–water partition coefficient (Wildman–Crippen LogP) is 3.21. The first-order chi connectivity index (χ1) is 8.81. The summed E-state index contributed by atoms with van der Waals surface area (Å²) in [6.07, 6.45) is 0.844. The highest BCUT2D eigenvalue weighted by Gasteiger charge is 2.22. The van der Waals surface area contributed by atoms with Gasteiger partial charge in [-0.25, -0.2) is 4.39 Å². The Labute approximate surface area is 105 Å². The van der Waals surface area contributed by atoms with E-state index in [9.17, 15) is 4.39 Å². The third kappa shape index (κ3) is 2.30. The zero-order valence-corrected chi connectivity index (χ0v) is 9.80. The second-order valence-corrected chi connectivity index (χ2v) is 4.32. The molecule has 0 aromatic heterocycles. The highest BCUT2D eigenvalue weighted by molar-refractivity contribution is 5.37. The molecular formula is C15H13FO2. The lowest BCUT2D eigenvalue weighted by molar-refractivity contribution is 0.148. The van der Waals surface area contributed by atoms with Gasteiger partial charge in [0.15, 0.2) is 0 Å². The third-order valence-corrected chi connectivity index (χ3v) is 2.95. The van der Waals surface area contributed by atoms with Crippen molar-refractivity contribution in [3.05, 3.63) is 59.9 Å². The molecule has 1 unspecified atom stereocenters. The Balaban J connectivity index is 1.60. The molecule has 0 fully saturated rings. The van der Waals surface area contributed by atoms with Crippen molar-refractivity contribution in [1.82, 2.24) is 0 Å².